The quantitative estimate of drug-likeness (QED) is 0.0337. The van der Waals surface area contributed by atoms with Crippen molar-refractivity contribution in [2.24, 2.45) is 5.41 Å². The van der Waals surface area contributed by atoms with E-state index in [2.05, 4.69) is 59.2 Å². The molecule has 0 radical (unpaired) electrons. The molecule has 0 saturated carbocycles. The highest BCUT2D eigenvalue weighted by molar-refractivity contribution is 5.95. The number of carbonyl (C=O) groups excluding carboxylic acids is 5. The summed E-state index contributed by atoms with van der Waals surface area (Å²) in [6, 6.07) is 26.7. The number of aliphatic hydroxyl groups excluding tert-OH is 1. The fourth-order valence-electron chi connectivity index (χ4n) is 8.60. The maximum absolute atomic E-state index is 13.6. The van der Waals surface area contributed by atoms with Crippen molar-refractivity contribution in [1.29, 1.82) is 0 Å². The van der Waals surface area contributed by atoms with Crippen LogP contribution in [-0.2, 0) is 58.6 Å². The molecule has 2 heterocycles. The number of unbranched alkanes of at least 4 members (excludes halogenated alkanes) is 1. The van der Waals surface area contributed by atoms with Crippen molar-refractivity contribution in [2.45, 2.75) is 142 Å². The Morgan fingerprint density at radius 1 is 0.824 bits per heavy atom. The lowest BCUT2D eigenvalue weighted by molar-refractivity contribution is -0.195. The van der Waals surface area contributed by atoms with Gasteiger partial charge in [-0.1, -0.05) is 95.0 Å². The highest BCUT2D eigenvalue weighted by atomic mass is 16.7. The molecule has 5 unspecified atom stereocenters. The smallest absolute Gasteiger partial charge is 0.411 e. The number of rotatable bonds is 21. The Hall–Kier alpha value is -7.26. The summed E-state index contributed by atoms with van der Waals surface area (Å²) < 4.78 is 17.3. The largest absolute Gasteiger partial charge is 0.479 e. The third-order valence-electron chi connectivity index (χ3n) is 13.4. The highest BCUT2D eigenvalue weighted by Crippen LogP contribution is 2.32. The van der Waals surface area contributed by atoms with E-state index in [4.69, 9.17) is 14.2 Å². The Balaban J connectivity index is 1.01. The van der Waals surface area contributed by atoms with Crippen LogP contribution < -0.4 is 36.2 Å². The van der Waals surface area contributed by atoms with E-state index in [1.54, 1.807) is 48.3 Å². The first kappa shape index (κ1) is 56.0. The second-order valence-electron chi connectivity index (χ2n) is 20.4. The van der Waals surface area contributed by atoms with Crippen LogP contribution in [0.3, 0.4) is 0 Å². The number of carboxylic acids is 1. The number of para-hydroxylation sites is 1. The zero-order chi connectivity index (χ0) is 53.6. The molecule has 0 bridgehead atoms. The van der Waals surface area contributed by atoms with Gasteiger partial charge in [0.05, 0.1) is 24.4 Å². The predicted octanol–water partition coefficient (Wildman–Crippen LogP) is 6.81. The summed E-state index contributed by atoms with van der Waals surface area (Å²) in [4.78, 5) is 79.6. The number of anilines is 2. The van der Waals surface area contributed by atoms with Gasteiger partial charge in [0.15, 0.2) is 6.10 Å². The Labute approximate surface area is 433 Å². The number of carbonyl (C=O) groups is 6. The molecule has 0 aromatic heterocycles. The van der Waals surface area contributed by atoms with Crippen LogP contribution in [0.4, 0.5) is 16.2 Å². The van der Waals surface area contributed by atoms with Crippen LogP contribution in [0.1, 0.15) is 120 Å². The molecule has 17 heteroatoms. The van der Waals surface area contributed by atoms with E-state index in [9.17, 15) is 39.0 Å². The van der Waals surface area contributed by atoms with Gasteiger partial charge in [-0.25, -0.2) is 9.59 Å². The molecule has 0 aliphatic carbocycles. The number of benzene rings is 4. The SMILES string of the molecule is CNC(C(=O)NC(C)C(C)(C)C)C(C)(C)c1cccc(NC(=O)OCc2ccc(OC3CC(O)CC(C(=O)O)O3)c(CNC(=O)CCNC(=O)CCCCC(=O)N3Cc4ccccc4C#Cc4ccccc43)c2)c1. The zero-order valence-electron chi connectivity index (χ0n) is 43.3. The molecule has 4 aromatic rings. The van der Waals surface area contributed by atoms with Gasteiger partial charge >= 0.3 is 12.1 Å². The average Bonchev–Trinajstić information content (AvgIpc) is 3.35. The van der Waals surface area contributed by atoms with Gasteiger partial charge < -0.3 is 50.6 Å². The summed E-state index contributed by atoms with van der Waals surface area (Å²) >= 11 is 0. The molecule has 394 valence electrons. The summed E-state index contributed by atoms with van der Waals surface area (Å²) in [5, 5.41) is 34.6. The number of likely N-dealkylation sites (N-methyl/N-ethyl adjacent to an activating group) is 1. The minimum Gasteiger partial charge on any atom is -0.479 e. The molecular weight excluding hydrogens is 945 g/mol. The summed E-state index contributed by atoms with van der Waals surface area (Å²) in [5.41, 5.74) is 4.77. The number of carboxylic acid groups (broad SMARTS) is 1. The normalized spacial score (nSPS) is 17.0. The molecule has 5 amide bonds. The van der Waals surface area contributed by atoms with E-state index in [-0.39, 0.29) is 92.6 Å². The first-order chi connectivity index (χ1) is 35.2. The molecule has 2 aliphatic rings. The summed E-state index contributed by atoms with van der Waals surface area (Å²) in [5.74, 6) is 4.58. The zero-order valence-corrected chi connectivity index (χ0v) is 43.3. The lowest BCUT2D eigenvalue weighted by Gasteiger charge is -2.36. The van der Waals surface area contributed by atoms with Crippen molar-refractivity contribution in [3.63, 3.8) is 0 Å². The van der Waals surface area contributed by atoms with Crippen LogP contribution in [0.5, 0.6) is 5.75 Å². The minimum absolute atomic E-state index is 0.00580. The molecular formula is C57H70N6O11. The van der Waals surface area contributed by atoms with Gasteiger partial charge in [0.1, 0.15) is 12.4 Å². The second-order valence-corrected chi connectivity index (χ2v) is 20.4. The van der Waals surface area contributed by atoms with Crippen molar-refractivity contribution in [3.05, 3.63) is 124 Å². The number of amides is 5. The third-order valence-corrected chi connectivity index (χ3v) is 13.4. The summed E-state index contributed by atoms with van der Waals surface area (Å²) in [7, 11) is 1.74. The predicted molar refractivity (Wildman–Crippen MR) is 280 cm³/mol. The van der Waals surface area contributed by atoms with Gasteiger partial charge in [0.2, 0.25) is 29.9 Å². The number of hydrogen-bond acceptors (Lipinski definition) is 11. The number of ether oxygens (including phenoxy) is 3. The van der Waals surface area contributed by atoms with Gasteiger partial charge in [-0.05, 0) is 91.4 Å². The number of aliphatic carboxylic acids is 1. The Bertz CT molecular complexity index is 2720. The molecule has 1 fully saturated rings. The van der Waals surface area contributed by atoms with Gasteiger partial charge in [-0.2, -0.15) is 0 Å². The third kappa shape index (κ3) is 15.6. The maximum atomic E-state index is 13.6. The molecule has 74 heavy (non-hydrogen) atoms. The molecule has 4 aromatic carbocycles. The number of hydrogen-bond donors (Lipinski definition) is 7. The standard InChI is InChI=1S/C57H70N6O11/c1-36(56(2,3)4)61-53(68)52(58-7)57(5,6)42-18-14-19-43(30-42)62-55(71)72-35-37-23-26-46(73-51-32-44(64)31-47(74-51)54(69)70)41(29-37)33-60-49(66)27-28-59-48(65)21-12-13-22-50(67)63-34-40-17-9-8-15-38(40)24-25-39-16-10-11-20-45(39)63/h8-11,14-20,23,26,29-30,36,44,47,51-52,58,64H,12-13,21-22,27-28,31-35H2,1-7H3,(H,59,65)(H,60,66)(H,61,68)(H,62,71)(H,69,70). The van der Waals surface area contributed by atoms with Gasteiger partial charge in [0.25, 0.3) is 0 Å². The number of fused-ring (bicyclic) bond motifs is 2. The van der Waals surface area contributed by atoms with Crippen LogP contribution in [-0.4, -0.2) is 90.1 Å². The molecule has 0 spiro atoms. The van der Waals surface area contributed by atoms with Crippen LogP contribution in [0.15, 0.2) is 91.0 Å². The van der Waals surface area contributed by atoms with Crippen molar-refractivity contribution in [1.82, 2.24) is 21.3 Å². The topological polar surface area (TPSA) is 234 Å². The van der Waals surface area contributed by atoms with Crippen molar-refractivity contribution in [3.8, 4) is 17.6 Å². The van der Waals surface area contributed by atoms with Crippen LogP contribution in [0.25, 0.3) is 0 Å². The van der Waals surface area contributed by atoms with Gasteiger partial charge in [0, 0.05) is 79.0 Å². The van der Waals surface area contributed by atoms with Crippen LogP contribution in [0.2, 0.25) is 0 Å². The molecule has 6 rings (SSSR count). The lowest BCUT2D eigenvalue weighted by Crippen LogP contribution is -2.56. The van der Waals surface area contributed by atoms with E-state index >= 15 is 0 Å². The Morgan fingerprint density at radius 3 is 2.27 bits per heavy atom. The summed E-state index contributed by atoms with van der Waals surface area (Å²) in [6.45, 7) is 12.3. The van der Waals surface area contributed by atoms with Gasteiger partial charge in [-0.3, -0.25) is 24.5 Å². The number of aliphatic hydroxyl groups is 1. The fraction of sp³-hybridized carbons (Fsp3) is 0.439. The number of nitrogens with one attached hydrogen (secondary N) is 5. The Kier molecular flexibility index (Phi) is 19.4. The average molecular weight is 1020 g/mol. The minimum atomic E-state index is -1.28. The summed E-state index contributed by atoms with van der Waals surface area (Å²) in [6.07, 6.45) is -2.88. The molecule has 1 saturated heterocycles. The van der Waals surface area contributed by atoms with E-state index in [0.29, 0.717) is 36.2 Å². The second kappa shape index (κ2) is 25.6. The van der Waals surface area contributed by atoms with Crippen molar-refractivity contribution >= 4 is 47.1 Å². The van der Waals surface area contributed by atoms with Crippen LogP contribution >= 0.6 is 0 Å². The van der Waals surface area contributed by atoms with Crippen molar-refractivity contribution in [2.75, 3.05) is 23.8 Å². The first-order valence-corrected chi connectivity index (χ1v) is 25.1. The molecule has 17 nitrogen and oxygen atoms in total. The van der Waals surface area contributed by atoms with E-state index in [1.807, 2.05) is 75.4 Å². The lowest BCUT2D eigenvalue weighted by atomic mass is 9.76. The number of nitrogens with zero attached hydrogens (tertiary/aromatic N) is 1. The maximum Gasteiger partial charge on any atom is 0.411 e. The van der Waals surface area contributed by atoms with Crippen LogP contribution in [0, 0.1) is 17.3 Å². The highest BCUT2D eigenvalue weighted by Gasteiger charge is 2.38. The Morgan fingerprint density at radius 2 is 1.53 bits per heavy atom. The van der Waals surface area contributed by atoms with E-state index in [1.165, 1.54) is 0 Å². The first-order valence-electron chi connectivity index (χ1n) is 25.1. The molecule has 2 aliphatic heterocycles. The van der Waals surface area contributed by atoms with E-state index in [0.717, 1.165) is 27.9 Å². The van der Waals surface area contributed by atoms with E-state index < -0.39 is 42.0 Å². The monoisotopic (exact) mass is 1010 g/mol. The molecule has 7 N–H and O–H groups in total. The van der Waals surface area contributed by atoms with Gasteiger partial charge in [-0.15, -0.1) is 0 Å². The van der Waals surface area contributed by atoms with Crippen molar-refractivity contribution < 1.29 is 53.2 Å². The molecule has 5 atom stereocenters. The fourth-order valence-corrected chi connectivity index (χ4v) is 8.60.